The third-order valence-electron chi connectivity index (χ3n) is 3.38. The van der Waals surface area contributed by atoms with Gasteiger partial charge in [-0.15, -0.1) is 0 Å². The summed E-state index contributed by atoms with van der Waals surface area (Å²) in [6, 6.07) is 5.84. The molecular weight excluding hydrogens is 345 g/mol. The van der Waals surface area contributed by atoms with E-state index in [1.165, 1.54) is 38.4 Å². The maximum absolute atomic E-state index is 13.6. The molecule has 3 nitrogen and oxygen atoms in total. The minimum absolute atomic E-state index is 0.212. The van der Waals surface area contributed by atoms with E-state index in [0.29, 0.717) is 5.56 Å². The van der Waals surface area contributed by atoms with E-state index in [-0.39, 0.29) is 5.56 Å². The Hall–Kier alpha value is -2.74. The highest BCUT2D eigenvalue weighted by Gasteiger charge is 2.24. The van der Waals surface area contributed by atoms with Crippen molar-refractivity contribution in [1.82, 2.24) is 5.06 Å². The molecule has 0 bridgehead atoms. The molecule has 0 heterocycles. The molecule has 0 N–H and O–H groups in total. The maximum atomic E-state index is 13.6. The first-order valence-electron chi connectivity index (χ1n) is 6.89. The number of halogens is 5. The number of hydrogen-bond donors (Lipinski definition) is 0. The van der Waals surface area contributed by atoms with E-state index >= 15 is 0 Å². The zero-order valence-corrected chi connectivity index (χ0v) is 13.1. The molecule has 0 aliphatic rings. The van der Waals surface area contributed by atoms with Crippen LogP contribution in [0.2, 0.25) is 0 Å². The van der Waals surface area contributed by atoms with E-state index < -0.39 is 40.6 Å². The van der Waals surface area contributed by atoms with Crippen LogP contribution < -0.4 is 0 Å². The predicted octanol–water partition coefficient (Wildman–Crippen LogP) is 4.19. The fourth-order valence-corrected chi connectivity index (χ4v) is 1.99. The predicted molar refractivity (Wildman–Crippen MR) is 80.7 cm³/mol. The van der Waals surface area contributed by atoms with Crippen molar-refractivity contribution in [2.24, 2.45) is 0 Å². The van der Waals surface area contributed by atoms with Gasteiger partial charge in [-0.05, 0) is 23.8 Å². The third kappa shape index (κ3) is 3.69. The van der Waals surface area contributed by atoms with Crippen LogP contribution in [0.5, 0.6) is 0 Å². The molecule has 0 aromatic heterocycles. The maximum Gasteiger partial charge on any atom is 0.277 e. The van der Waals surface area contributed by atoms with E-state index in [4.69, 9.17) is 4.84 Å². The van der Waals surface area contributed by atoms with Gasteiger partial charge in [0.05, 0.1) is 12.7 Å². The molecule has 8 heteroatoms. The SMILES string of the molecule is CON(C)C(=O)c1cccc(/C=C/c2c(F)c(F)c(F)c(F)c2F)c1. The minimum Gasteiger partial charge on any atom is -0.274 e. The molecular formula is C17H12F5NO2. The lowest BCUT2D eigenvalue weighted by atomic mass is 10.1. The number of carbonyl (C=O) groups excluding carboxylic acids is 1. The van der Waals surface area contributed by atoms with Gasteiger partial charge in [0.1, 0.15) is 0 Å². The number of carbonyl (C=O) groups is 1. The summed E-state index contributed by atoms with van der Waals surface area (Å²) in [4.78, 5) is 16.7. The molecule has 2 aromatic carbocycles. The van der Waals surface area contributed by atoms with Gasteiger partial charge in [0.15, 0.2) is 23.3 Å². The topological polar surface area (TPSA) is 29.5 Å². The van der Waals surface area contributed by atoms with Crippen molar-refractivity contribution in [3.8, 4) is 0 Å². The molecule has 0 unspecified atom stereocenters. The summed E-state index contributed by atoms with van der Waals surface area (Å²) in [5.74, 6) is -10.6. The fourth-order valence-electron chi connectivity index (χ4n) is 1.99. The summed E-state index contributed by atoms with van der Waals surface area (Å²) in [7, 11) is 2.69. The van der Waals surface area contributed by atoms with E-state index in [1.54, 1.807) is 0 Å². The highest BCUT2D eigenvalue weighted by atomic mass is 19.2. The van der Waals surface area contributed by atoms with Gasteiger partial charge < -0.3 is 0 Å². The van der Waals surface area contributed by atoms with Gasteiger partial charge in [-0.25, -0.2) is 27.0 Å². The molecule has 0 radical (unpaired) electrons. The van der Waals surface area contributed by atoms with Gasteiger partial charge in [0, 0.05) is 12.6 Å². The number of nitrogens with zero attached hydrogens (tertiary/aromatic N) is 1. The lowest BCUT2D eigenvalue weighted by molar-refractivity contribution is -0.0757. The first kappa shape index (κ1) is 18.6. The van der Waals surface area contributed by atoms with Gasteiger partial charge >= 0.3 is 0 Å². The summed E-state index contributed by atoms with van der Waals surface area (Å²) in [5.41, 5.74) is -0.537. The average molecular weight is 357 g/mol. The third-order valence-corrected chi connectivity index (χ3v) is 3.38. The molecule has 2 rings (SSSR count). The number of benzene rings is 2. The summed E-state index contributed by atoms with van der Waals surface area (Å²) in [6.07, 6.45) is 1.88. The number of hydroxylamine groups is 2. The number of amides is 1. The lowest BCUT2D eigenvalue weighted by Gasteiger charge is -2.13. The monoisotopic (exact) mass is 357 g/mol. The Morgan fingerprint density at radius 2 is 1.52 bits per heavy atom. The summed E-state index contributed by atoms with van der Waals surface area (Å²) >= 11 is 0. The smallest absolute Gasteiger partial charge is 0.274 e. The van der Waals surface area contributed by atoms with Crippen LogP contribution in [0, 0.1) is 29.1 Å². The van der Waals surface area contributed by atoms with Crippen LogP contribution in [0.1, 0.15) is 21.5 Å². The highest BCUT2D eigenvalue weighted by molar-refractivity contribution is 5.94. The fraction of sp³-hybridized carbons (Fsp3) is 0.118. The molecule has 0 atom stereocenters. The zero-order valence-electron chi connectivity index (χ0n) is 13.1. The Kier molecular flexibility index (Phi) is 5.53. The van der Waals surface area contributed by atoms with E-state index in [9.17, 15) is 26.7 Å². The van der Waals surface area contributed by atoms with Crippen molar-refractivity contribution in [2.45, 2.75) is 0 Å². The van der Waals surface area contributed by atoms with Gasteiger partial charge in [-0.1, -0.05) is 18.2 Å². The molecule has 0 fully saturated rings. The normalized spacial score (nSPS) is 11.2. The zero-order chi connectivity index (χ0) is 18.7. The number of rotatable bonds is 4. The molecule has 2 aromatic rings. The quantitative estimate of drug-likeness (QED) is 0.270. The van der Waals surface area contributed by atoms with Gasteiger partial charge in [-0.3, -0.25) is 9.63 Å². The molecule has 0 saturated heterocycles. The second-order valence-corrected chi connectivity index (χ2v) is 4.93. The Labute approximate surface area is 139 Å². The van der Waals surface area contributed by atoms with Crippen LogP contribution in [0.15, 0.2) is 24.3 Å². The van der Waals surface area contributed by atoms with Crippen molar-refractivity contribution >= 4 is 18.1 Å². The van der Waals surface area contributed by atoms with Crippen molar-refractivity contribution in [2.75, 3.05) is 14.2 Å². The second-order valence-electron chi connectivity index (χ2n) is 4.93. The molecule has 0 aliphatic heterocycles. The minimum atomic E-state index is -2.22. The van der Waals surface area contributed by atoms with Gasteiger partial charge in [0.2, 0.25) is 5.82 Å². The Balaban J connectivity index is 2.40. The van der Waals surface area contributed by atoms with Crippen LogP contribution in [0.3, 0.4) is 0 Å². The molecule has 132 valence electrons. The standard InChI is InChI=1S/C17H12F5NO2/c1-23(25-2)17(24)10-5-3-4-9(8-10)6-7-11-12(18)14(20)16(22)15(21)13(11)19/h3-8H,1-2H3/b7-6+. The Morgan fingerprint density at radius 1 is 0.960 bits per heavy atom. The molecule has 0 aliphatic carbocycles. The van der Waals surface area contributed by atoms with Crippen LogP contribution in [0.4, 0.5) is 22.0 Å². The van der Waals surface area contributed by atoms with Crippen molar-refractivity contribution in [3.05, 3.63) is 70.0 Å². The first-order chi connectivity index (χ1) is 11.8. The summed E-state index contributed by atoms with van der Waals surface area (Å²) in [5, 5.41) is 0.965. The molecule has 0 saturated carbocycles. The van der Waals surface area contributed by atoms with E-state index in [1.807, 2.05) is 0 Å². The average Bonchev–Trinajstić information content (AvgIpc) is 2.63. The largest absolute Gasteiger partial charge is 0.277 e. The van der Waals surface area contributed by atoms with Gasteiger partial charge in [-0.2, -0.15) is 0 Å². The second kappa shape index (κ2) is 7.43. The summed E-state index contributed by atoms with van der Waals surface area (Å²) in [6.45, 7) is 0. The van der Waals surface area contributed by atoms with E-state index in [0.717, 1.165) is 17.2 Å². The molecule has 1 amide bonds. The van der Waals surface area contributed by atoms with Crippen LogP contribution in [0.25, 0.3) is 12.2 Å². The Bertz CT molecular complexity index is 822. The van der Waals surface area contributed by atoms with Crippen molar-refractivity contribution < 1.29 is 31.6 Å². The highest BCUT2D eigenvalue weighted by Crippen LogP contribution is 2.24. The van der Waals surface area contributed by atoms with Crippen LogP contribution in [-0.4, -0.2) is 25.1 Å². The van der Waals surface area contributed by atoms with Crippen LogP contribution >= 0.6 is 0 Å². The number of hydrogen-bond acceptors (Lipinski definition) is 2. The molecule has 25 heavy (non-hydrogen) atoms. The first-order valence-corrected chi connectivity index (χ1v) is 6.89. The molecule has 0 spiro atoms. The van der Waals surface area contributed by atoms with Crippen molar-refractivity contribution in [1.29, 1.82) is 0 Å². The van der Waals surface area contributed by atoms with E-state index in [2.05, 4.69) is 0 Å². The lowest BCUT2D eigenvalue weighted by Crippen LogP contribution is -2.25. The van der Waals surface area contributed by atoms with Gasteiger partial charge in [0.25, 0.3) is 5.91 Å². The van der Waals surface area contributed by atoms with Crippen LogP contribution in [-0.2, 0) is 4.84 Å². The van der Waals surface area contributed by atoms with Crippen molar-refractivity contribution in [3.63, 3.8) is 0 Å². The Morgan fingerprint density at radius 3 is 2.08 bits per heavy atom. The summed E-state index contributed by atoms with van der Waals surface area (Å²) < 4.78 is 66.6.